The van der Waals surface area contributed by atoms with Crippen LogP contribution in [0, 0.1) is 5.82 Å². The number of benzene rings is 1. The van der Waals surface area contributed by atoms with E-state index in [-0.39, 0.29) is 24.4 Å². The van der Waals surface area contributed by atoms with Crippen LogP contribution in [0.25, 0.3) is 22.5 Å². The highest BCUT2D eigenvalue weighted by molar-refractivity contribution is 5.93. The van der Waals surface area contributed by atoms with E-state index in [2.05, 4.69) is 15.1 Å². The molecule has 0 saturated carbocycles. The van der Waals surface area contributed by atoms with Gasteiger partial charge in [0, 0.05) is 31.0 Å². The average molecular weight is 358 g/mol. The number of morpholine rings is 1. The highest BCUT2D eigenvalue weighted by atomic mass is 19.1. The monoisotopic (exact) mass is 358 g/mol. The van der Waals surface area contributed by atoms with Gasteiger partial charge >= 0.3 is 0 Å². The van der Waals surface area contributed by atoms with Crippen LogP contribution in [0.4, 0.5) is 10.1 Å². The molecule has 136 valence electrons. The first-order valence-corrected chi connectivity index (χ1v) is 8.48. The minimum absolute atomic E-state index is 0.0338. The Morgan fingerprint density at radius 2 is 1.92 bits per heavy atom. The van der Waals surface area contributed by atoms with Gasteiger partial charge < -0.3 is 19.3 Å². The highest BCUT2D eigenvalue weighted by Crippen LogP contribution is 2.36. The van der Waals surface area contributed by atoms with E-state index < -0.39 is 5.82 Å². The van der Waals surface area contributed by atoms with E-state index in [1.54, 1.807) is 24.5 Å². The van der Waals surface area contributed by atoms with E-state index in [4.69, 9.17) is 9.26 Å². The molecular weight excluding hydrogens is 339 g/mol. The van der Waals surface area contributed by atoms with E-state index in [1.807, 2.05) is 18.7 Å². The van der Waals surface area contributed by atoms with Gasteiger partial charge in [0.1, 0.15) is 0 Å². The number of anilines is 1. The number of aromatic nitrogens is 3. The molecule has 1 N–H and O–H groups in total. The Hall–Kier alpha value is -2.58. The number of halogens is 1. The van der Waals surface area contributed by atoms with Crippen LogP contribution < -0.4 is 4.90 Å². The number of aliphatic hydroxyl groups excluding tert-OH is 1. The standard InChI is InChI=1S/C18H19FN4O3/c1-10-7-23(8-11(2)25-10)16-12(9-24)6-13-15(18-20-4-3-5-21-18)22-26-17(13)14(16)19/h3-6,10-11,24H,7-9H2,1-2H3. The number of hydrogen-bond acceptors (Lipinski definition) is 7. The van der Waals surface area contributed by atoms with Gasteiger partial charge in [0.2, 0.25) is 5.58 Å². The van der Waals surface area contributed by atoms with Crippen LogP contribution in [0.2, 0.25) is 0 Å². The molecule has 1 aliphatic rings. The normalized spacial score (nSPS) is 20.7. The molecule has 0 aliphatic carbocycles. The van der Waals surface area contributed by atoms with Crippen LogP contribution in [-0.4, -0.2) is 45.5 Å². The van der Waals surface area contributed by atoms with Crippen LogP contribution in [0.5, 0.6) is 0 Å². The maximum atomic E-state index is 15.3. The highest BCUT2D eigenvalue weighted by Gasteiger charge is 2.29. The number of ether oxygens (including phenoxy) is 1. The van der Waals surface area contributed by atoms with Gasteiger partial charge in [-0.25, -0.2) is 14.4 Å². The molecule has 0 radical (unpaired) electrons. The van der Waals surface area contributed by atoms with Gasteiger partial charge in [0.25, 0.3) is 0 Å². The van der Waals surface area contributed by atoms with Crippen molar-refractivity contribution >= 4 is 16.7 Å². The van der Waals surface area contributed by atoms with E-state index in [9.17, 15) is 5.11 Å². The Kier molecular flexibility index (Phi) is 4.29. The van der Waals surface area contributed by atoms with Crippen molar-refractivity contribution in [3.8, 4) is 11.5 Å². The van der Waals surface area contributed by atoms with Crippen LogP contribution >= 0.6 is 0 Å². The molecule has 0 spiro atoms. The van der Waals surface area contributed by atoms with Crippen LogP contribution in [-0.2, 0) is 11.3 Å². The van der Waals surface area contributed by atoms with E-state index in [0.29, 0.717) is 41.2 Å². The minimum Gasteiger partial charge on any atom is -0.392 e. The zero-order valence-corrected chi connectivity index (χ0v) is 14.5. The predicted octanol–water partition coefficient (Wildman–Crippen LogP) is 2.53. The third-order valence-electron chi connectivity index (χ3n) is 4.44. The third kappa shape index (κ3) is 2.81. The quantitative estimate of drug-likeness (QED) is 0.770. The predicted molar refractivity (Wildman–Crippen MR) is 93.1 cm³/mol. The van der Waals surface area contributed by atoms with E-state index in [0.717, 1.165) is 0 Å². The second kappa shape index (κ2) is 6.62. The summed E-state index contributed by atoms with van der Waals surface area (Å²) >= 11 is 0. The van der Waals surface area contributed by atoms with Crippen LogP contribution in [0.1, 0.15) is 19.4 Å². The lowest BCUT2D eigenvalue weighted by Crippen LogP contribution is -2.46. The fraction of sp³-hybridized carbons (Fsp3) is 0.389. The third-order valence-corrected chi connectivity index (χ3v) is 4.44. The second-order valence-corrected chi connectivity index (χ2v) is 6.50. The van der Waals surface area contributed by atoms with Crippen molar-refractivity contribution in [1.82, 2.24) is 15.1 Å². The van der Waals surface area contributed by atoms with Crippen molar-refractivity contribution in [3.05, 3.63) is 35.9 Å². The summed E-state index contributed by atoms with van der Waals surface area (Å²) in [6, 6.07) is 3.38. The molecule has 26 heavy (non-hydrogen) atoms. The largest absolute Gasteiger partial charge is 0.392 e. The maximum Gasteiger partial charge on any atom is 0.205 e. The Balaban J connectivity index is 1.86. The molecule has 4 rings (SSSR count). The molecule has 1 fully saturated rings. The molecule has 8 heteroatoms. The summed E-state index contributed by atoms with van der Waals surface area (Å²) in [4.78, 5) is 10.2. The van der Waals surface area contributed by atoms with Crippen LogP contribution in [0.3, 0.4) is 0 Å². The number of fused-ring (bicyclic) bond motifs is 1. The molecule has 2 aromatic heterocycles. The molecule has 3 heterocycles. The lowest BCUT2D eigenvalue weighted by molar-refractivity contribution is -0.00549. The Labute approximate surface area is 149 Å². The summed E-state index contributed by atoms with van der Waals surface area (Å²) in [6.07, 6.45) is 3.08. The molecule has 1 aliphatic heterocycles. The van der Waals surface area contributed by atoms with Gasteiger partial charge in [-0.2, -0.15) is 0 Å². The van der Waals surface area contributed by atoms with Crippen molar-refractivity contribution < 1.29 is 18.8 Å². The van der Waals surface area contributed by atoms with Gasteiger partial charge in [0.15, 0.2) is 17.3 Å². The zero-order valence-electron chi connectivity index (χ0n) is 14.5. The molecule has 1 saturated heterocycles. The van der Waals surface area contributed by atoms with Gasteiger partial charge in [-0.3, -0.25) is 0 Å². The first-order chi connectivity index (χ1) is 12.6. The first-order valence-electron chi connectivity index (χ1n) is 8.48. The van der Waals surface area contributed by atoms with Crippen molar-refractivity contribution in [2.24, 2.45) is 0 Å². The molecule has 1 aromatic carbocycles. The summed E-state index contributed by atoms with van der Waals surface area (Å²) < 4.78 is 26.3. The number of hydrogen-bond donors (Lipinski definition) is 1. The summed E-state index contributed by atoms with van der Waals surface area (Å²) in [6.45, 7) is 4.64. The number of aliphatic hydroxyl groups is 1. The molecule has 7 nitrogen and oxygen atoms in total. The van der Waals surface area contributed by atoms with Crippen molar-refractivity contribution in [2.45, 2.75) is 32.7 Å². The fourth-order valence-electron chi connectivity index (χ4n) is 3.49. The van der Waals surface area contributed by atoms with E-state index in [1.165, 1.54) is 0 Å². The maximum absolute atomic E-state index is 15.3. The molecule has 0 bridgehead atoms. The lowest BCUT2D eigenvalue weighted by atomic mass is 10.1. The SMILES string of the molecule is CC1CN(c2c(CO)cc3c(-c4ncccn4)noc3c2F)CC(C)O1. The Bertz CT molecular complexity index is 921. The van der Waals surface area contributed by atoms with Gasteiger partial charge in [0.05, 0.1) is 29.9 Å². The van der Waals surface area contributed by atoms with Gasteiger partial charge in [-0.05, 0) is 26.0 Å². The molecule has 0 amide bonds. The summed E-state index contributed by atoms with van der Waals surface area (Å²) in [5.41, 5.74) is 1.19. The summed E-state index contributed by atoms with van der Waals surface area (Å²) in [7, 11) is 0. The van der Waals surface area contributed by atoms with Gasteiger partial charge in [-0.1, -0.05) is 5.16 Å². The molecule has 3 aromatic rings. The smallest absolute Gasteiger partial charge is 0.205 e. The lowest BCUT2D eigenvalue weighted by Gasteiger charge is -2.37. The topological polar surface area (TPSA) is 84.5 Å². The van der Waals surface area contributed by atoms with E-state index >= 15 is 4.39 Å². The molecular formula is C18H19FN4O3. The molecule has 2 atom stereocenters. The van der Waals surface area contributed by atoms with Crippen molar-refractivity contribution in [3.63, 3.8) is 0 Å². The number of nitrogens with zero attached hydrogens (tertiary/aromatic N) is 4. The van der Waals surface area contributed by atoms with Crippen LogP contribution in [0.15, 0.2) is 29.0 Å². The molecule has 2 unspecified atom stereocenters. The summed E-state index contributed by atoms with van der Waals surface area (Å²) in [5.74, 6) is -0.196. The number of rotatable bonds is 3. The second-order valence-electron chi connectivity index (χ2n) is 6.50. The van der Waals surface area contributed by atoms with Gasteiger partial charge in [-0.15, -0.1) is 0 Å². The zero-order chi connectivity index (χ0) is 18.3. The Morgan fingerprint density at radius 1 is 1.23 bits per heavy atom. The van der Waals surface area contributed by atoms with Crippen molar-refractivity contribution in [2.75, 3.05) is 18.0 Å². The fourth-order valence-corrected chi connectivity index (χ4v) is 3.49. The average Bonchev–Trinajstić information content (AvgIpc) is 3.05. The van der Waals surface area contributed by atoms with Crippen molar-refractivity contribution in [1.29, 1.82) is 0 Å². The first kappa shape index (κ1) is 16.9. The Morgan fingerprint density at radius 3 is 2.58 bits per heavy atom. The minimum atomic E-state index is -0.539. The summed E-state index contributed by atoms with van der Waals surface area (Å²) in [5, 5.41) is 14.3.